The van der Waals surface area contributed by atoms with Crippen molar-refractivity contribution >= 4 is 43.8 Å². The van der Waals surface area contributed by atoms with Gasteiger partial charge in [-0.25, -0.2) is 8.42 Å². The fraction of sp³-hybridized carbons (Fsp3) is 0.391. The van der Waals surface area contributed by atoms with Gasteiger partial charge >= 0.3 is 10.2 Å². The van der Waals surface area contributed by atoms with E-state index in [2.05, 4.69) is 30.2 Å². The summed E-state index contributed by atoms with van der Waals surface area (Å²) in [6.45, 7) is 7.00. The highest BCUT2D eigenvalue weighted by molar-refractivity contribution is 7.92. The van der Waals surface area contributed by atoms with E-state index in [1.807, 2.05) is 24.3 Å². The van der Waals surface area contributed by atoms with Crippen molar-refractivity contribution in [3.05, 3.63) is 53.1 Å². The number of methoxy groups -OCH3 is 1. The van der Waals surface area contributed by atoms with Crippen molar-refractivity contribution in [2.75, 3.05) is 35.5 Å². The van der Waals surface area contributed by atoms with Crippen LogP contribution in [0.4, 0.5) is 11.4 Å². The summed E-state index contributed by atoms with van der Waals surface area (Å²) in [6, 6.07) is 10.6. The summed E-state index contributed by atoms with van der Waals surface area (Å²) in [6.07, 6.45) is 5.57. The second kappa shape index (κ2) is 9.36. The van der Waals surface area contributed by atoms with E-state index >= 15 is 0 Å². The molecule has 1 heterocycles. The van der Waals surface area contributed by atoms with Crippen molar-refractivity contribution in [1.82, 2.24) is 4.72 Å². The van der Waals surface area contributed by atoms with Gasteiger partial charge in [0.25, 0.3) is 0 Å². The summed E-state index contributed by atoms with van der Waals surface area (Å²) in [5, 5.41) is 0. The first kappa shape index (κ1) is 25.1. The van der Waals surface area contributed by atoms with Gasteiger partial charge in [-0.3, -0.25) is 9.03 Å². The molecule has 2 aromatic rings. The van der Waals surface area contributed by atoms with Gasteiger partial charge in [0.2, 0.25) is 10.0 Å². The van der Waals surface area contributed by atoms with Gasteiger partial charge in [-0.1, -0.05) is 45.1 Å². The number of anilines is 2. The van der Waals surface area contributed by atoms with Crippen LogP contribution in [0, 0.1) is 0 Å². The minimum absolute atomic E-state index is 0.282. The molecule has 10 heteroatoms. The van der Waals surface area contributed by atoms with E-state index in [0.29, 0.717) is 30.2 Å². The highest BCUT2D eigenvalue weighted by atomic mass is 32.2. The van der Waals surface area contributed by atoms with Crippen LogP contribution < -0.4 is 18.5 Å². The molecule has 0 saturated carbocycles. The van der Waals surface area contributed by atoms with Crippen LogP contribution >= 0.6 is 0 Å². The fourth-order valence-electron chi connectivity index (χ4n) is 3.64. The first-order valence-electron chi connectivity index (χ1n) is 10.6. The molecule has 1 aliphatic rings. The number of nitrogens with one attached hydrogen (secondary N) is 2. The van der Waals surface area contributed by atoms with E-state index in [9.17, 15) is 16.8 Å². The first-order chi connectivity index (χ1) is 15.3. The first-order valence-corrected chi connectivity index (χ1v) is 13.9. The SMILES string of the molecule is COc1c(C=Cc2ccc(NS(C)(=O)=O)cc2)cc(N2CCCNS2(=O)=O)cc1C(C)(C)C. The maximum absolute atomic E-state index is 12.6. The van der Waals surface area contributed by atoms with Gasteiger partial charge < -0.3 is 4.74 Å². The molecule has 0 aromatic heterocycles. The number of hydrogen-bond donors (Lipinski definition) is 2. The number of nitrogens with zero attached hydrogens (tertiary/aromatic N) is 1. The van der Waals surface area contributed by atoms with E-state index in [0.717, 1.165) is 29.4 Å². The lowest BCUT2D eigenvalue weighted by Gasteiger charge is -2.31. The molecular formula is C23H31N3O5S2. The Kier molecular flexibility index (Phi) is 7.11. The van der Waals surface area contributed by atoms with Gasteiger partial charge in [0.05, 0.1) is 19.1 Å². The molecule has 0 aliphatic carbocycles. The van der Waals surface area contributed by atoms with Crippen molar-refractivity contribution in [2.24, 2.45) is 0 Å². The lowest BCUT2D eigenvalue weighted by molar-refractivity contribution is 0.396. The molecule has 0 radical (unpaired) electrons. The third-order valence-corrected chi connectivity index (χ3v) is 7.33. The maximum Gasteiger partial charge on any atom is 0.301 e. The number of hydrogen-bond acceptors (Lipinski definition) is 5. The van der Waals surface area contributed by atoms with Crippen LogP contribution in [0.5, 0.6) is 5.75 Å². The molecule has 0 unspecified atom stereocenters. The standard InChI is InChI=1S/C23H31N3O5S2/c1-23(2,3)21-16-20(26-14-6-13-24-33(26,29)30)15-18(22(21)31-4)10-7-17-8-11-19(12-9-17)25-32(5,27)28/h7-12,15-16,24-25H,6,13-14H2,1-5H3. The van der Waals surface area contributed by atoms with E-state index < -0.39 is 20.2 Å². The Hall–Kier alpha value is -2.56. The molecule has 180 valence electrons. The molecule has 33 heavy (non-hydrogen) atoms. The minimum Gasteiger partial charge on any atom is -0.496 e. The van der Waals surface area contributed by atoms with E-state index in [1.54, 1.807) is 31.4 Å². The molecule has 2 N–H and O–H groups in total. The van der Waals surface area contributed by atoms with Crippen LogP contribution in [-0.4, -0.2) is 43.3 Å². The molecule has 2 aromatic carbocycles. The van der Waals surface area contributed by atoms with Gasteiger partial charge in [0.15, 0.2) is 0 Å². The predicted molar refractivity (Wildman–Crippen MR) is 134 cm³/mol. The fourth-order valence-corrected chi connectivity index (χ4v) is 5.52. The van der Waals surface area contributed by atoms with E-state index in [-0.39, 0.29) is 5.41 Å². The van der Waals surface area contributed by atoms with Crippen molar-refractivity contribution in [3.63, 3.8) is 0 Å². The lowest BCUT2D eigenvalue weighted by Crippen LogP contribution is -2.47. The molecule has 0 atom stereocenters. The third-order valence-electron chi connectivity index (χ3n) is 5.18. The van der Waals surface area contributed by atoms with E-state index in [1.165, 1.54) is 4.31 Å². The normalized spacial score (nSPS) is 16.7. The van der Waals surface area contributed by atoms with Crippen molar-refractivity contribution < 1.29 is 21.6 Å². The number of sulfonamides is 1. The quantitative estimate of drug-likeness (QED) is 0.599. The number of benzene rings is 2. The molecule has 1 saturated heterocycles. The topological polar surface area (TPSA) is 105 Å². The van der Waals surface area contributed by atoms with Crippen LogP contribution in [-0.2, 0) is 25.6 Å². The zero-order valence-electron chi connectivity index (χ0n) is 19.5. The van der Waals surface area contributed by atoms with Gasteiger partial charge in [0, 0.05) is 29.9 Å². The van der Waals surface area contributed by atoms with Crippen LogP contribution in [0.1, 0.15) is 43.9 Å². The second-order valence-electron chi connectivity index (χ2n) is 9.02. The summed E-state index contributed by atoms with van der Waals surface area (Å²) in [5.74, 6) is 0.681. The highest BCUT2D eigenvalue weighted by Gasteiger charge is 2.29. The van der Waals surface area contributed by atoms with Gasteiger partial charge in [-0.15, -0.1) is 0 Å². The Balaban J connectivity index is 2.04. The van der Waals surface area contributed by atoms with Crippen LogP contribution in [0.2, 0.25) is 0 Å². The minimum atomic E-state index is -3.60. The Morgan fingerprint density at radius 1 is 1.12 bits per heavy atom. The Morgan fingerprint density at radius 3 is 2.33 bits per heavy atom. The number of ether oxygens (including phenoxy) is 1. The lowest BCUT2D eigenvalue weighted by atomic mass is 9.84. The molecule has 0 bridgehead atoms. The Labute approximate surface area is 196 Å². The predicted octanol–water partition coefficient (Wildman–Crippen LogP) is 3.58. The highest BCUT2D eigenvalue weighted by Crippen LogP contribution is 2.39. The summed E-state index contributed by atoms with van der Waals surface area (Å²) in [5.41, 5.74) is 3.28. The van der Waals surface area contributed by atoms with Crippen LogP contribution in [0.25, 0.3) is 12.2 Å². The molecule has 1 aliphatic heterocycles. The van der Waals surface area contributed by atoms with E-state index in [4.69, 9.17) is 4.74 Å². The molecule has 3 rings (SSSR count). The van der Waals surface area contributed by atoms with Crippen LogP contribution in [0.15, 0.2) is 36.4 Å². The van der Waals surface area contributed by atoms with Crippen molar-refractivity contribution in [2.45, 2.75) is 32.6 Å². The van der Waals surface area contributed by atoms with Crippen molar-refractivity contribution in [1.29, 1.82) is 0 Å². The van der Waals surface area contributed by atoms with Crippen molar-refractivity contribution in [3.8, 4) is 5.75 Å². The summed E-state index contributed by atoms with van der Waals surface area (Å²) >= 11 is 0. The molecular weight excluding hydrogens is 462 g/mol. The van der Waals surface area contributed by atoms with Crippen LogP contribution in [0.3, 0.4) is 0 Å². The molecule has 8 nitrogen and oxygen atoms in total. The second-order valence-corrected chi connectivity index (χ2v) is 12.4. The third kappa shape index (κ3) is 6.27. The number of rotatable bonds is 6. The smallest absolute Gasteiger partial charge is 0.301 e. The monoisotopic (exact) mass is 493 g/mol. The molecule has 0 spiro atoms. The zero-order chi connectivity index (χ0) is 24.4. The largest absolute Gasteiger partial charge is 0.496 e. The average molecular weight is 494 g/mol. The summed E-state index contributed by atoms with van der Waals surface area (Å²) < 4.78 is 60.2. The molecule has 0 amide bonds. The zero-order valence-corrected chi connectivity index (χ0v) is 21.2. The van der Waals surface area contributed by atoms with Gasteiger partial charge in [0.1, 0.15) is 5.75 Å². The maximum atomic E-state index is 12.6. The Bertz CT molecular complexity index is 1250. The summed E-state index contributed by atoms with van der Waals surface area (Å²) in [4.78, 5) is 0. The average Bonchev–Trinajstić information content (AvgIpc) is 2.70. The molecule has 1 fully saturated rings. The summed E-state index contributed by atoms with van der Waals surface area (Å²) in [7, 11) is -5.34. The van der Waals surface area contributed by atoms with Gasteiger partial charge in [-0.05, 0) is 41.7 Å². The van der Waals surface area contributed by atoms with Gasteiger partial charge in [-0.2, -0.15) is 13.1 Å². The Morgan fingerprint density at radius 2 is 1.79 bits per heavy atom.